The van der Waals surface area contributed by atoms with Gasteiger partial charge in [0, 0.05) is 6.07 Å². The van der Waals surface area contributed by atoms with Gasteiger partial charge in [-0.1, -0.05) is 12.7 Å². The highest BCUT2D eigenvalue weighted by atomic mass is 32.2. The maximum absolute atomic E-state index is 13.2. The normalized spacial score (nSPS) is 11.2. The third-order valence-electron chi connectivity index (χ3n) is 1.63. The molecule has 7 heteroatoms. The van der Waals surface area contributed by atoms with E-state index in [1.165, 1.54) is 6.08 Å². The van der Waals surface area contributed by atoms with Gasteiger partial charge in [-0.05, 0) is 6.07 Å². The van der Waals surface area contributed by atoms with Gasteiger partial charge in [0.1, 0.15) is 17.3 Å². The Morgan fingerprint density at radius 2 is 2.06 bits per heavy atom. The summed E-state index contributed by atoms with van der Waals surface area (Å²) in [7, 11) is -4.25. The molecule has 0 aromatic heterocycles. The first-order chi connectivity index (χ1) is 7.36. The van der Waals surface area contributed by atoms with Crippen LogP contribution in [0, 0.1) is 11.6 Å². The van der Waals surface area contributed by atoms with E-state index in [2.05, 4.69) is 6.58 Å². The molecule has 0 aliphatic rings. The highest BCUT2D eigenvalue weighted by Gasteiger charge is 2.20. The third-order valence-corrected chi connectivity index (χ3v) is 2.54. The Bertz CT molecular complexity index is 514. The molecule has 0 bridgehead atoms. The maximum atomic E-state index is 13.2. The molecule has 2 N–H and O–H groups in total. The fourth-order valence-electron chi connectivity index (χ4n) is 1.03. The van der Waals surface area contributed by atoms with Crippen LogP contribution in [0.2, 0.25) is 0 Å². The maximum Gasteiger partial charge on any atom is 0.241 e. The van der Waals surface area contributed by atoms with E-state index >= 15 is 0 Å². The van der Waals surface area contributed by atoms with Gasteiger partial charge in [0.2, 0.25) is 10.0 Å². The van der Waals surface area contributed by atoms with E-state index in [1.807, 2.05) is 0 Å². The largest absolute Gasteiger partial charge is 0.485 e. The first-order valence-corrected chi connectivity index (χ1v) is 5.66. The molecule has 0 aliphatic heterocycles. The molecule has 1 aromatic carbocycles. The van der Waals surface area contributed by atoms with Crippen molar-refractivity contribution in [3.05, 3.63) is 36.4 Å². The van der Waals surface area contributed by atoms with Crippen molar-refractivity contribution < 1.29 is 21.9 Å². The van der Waals surface area contributed by atoms with Gasteiger partial charge in [-0.25, -0.2) is 22.3 Å². The lowest BCUT2D eigenvalue weighted by Crippen LogP contribution is -2.15. The predicted octanol–water partition coefficient (Wildman–Crippen LogP) is 1.18. The van der Waals surface area contributed by atoms with Crippen molar-refractivity contribution in [1.29, 1.82) is 0 Å². The fraction of sp³-hybridized carbons (Fsp3) is 0.111. The second-order valence-electron chi connectivity index (χ2n) is 2.86. The van der Waals surface area contributed by atoms with Crippen LogP contribution >= 0.6 is 0 Å². The number of hydrogen-bond donors (Lipinski definition) is 1. The second-order valence-corrected chi connectivity index (χ2v) is 4.39. The van der Waals surface area contributed by atoms with Gasteiger partial charge in [0.05, 0.1) is 0 Å². The SMILES string of the molecule is C=CCOc1c(F)cc(F)cc1S(N)(=O)=O. The monoisotopic (exact) mass is 249 g/mol. The minimum Gasteiger partial charge on any atom is -0.485 e. The summed E-state index contributed by atoms with van der Waals surface area (Å²) in [5.74, 6) is -2.79. The van der Waals surface area contributed by atoms with E-state index in [9.17, 15) is 17.2 Å². The Hall–Kier alpha value is -1.47. The van der Waals surface area contributed by atoms with Crippen LogP contribution in [-0.4, -0.2) is 15.0 Å². The average Bonchev–Trinajstić information content (AvgIpc) is 2.14. The summed E-state index contributed by atoms with van der Waals surface area (Å²) in [6.07, 6.45) is 1.29. The van der Waals surface area contributed by atoms with E-state index in [-0.39, 0.29) is 6.61 Å². The first kappa shape index (κ1) is 12.6. The Morgan fingerprint density at radius 1 is 1.44 bits per heavy atom. The van der Waals surface area contributed by atoms with Crippen molar-refractivity contribution in [3.8, 4) is 5.75 Å². The molecule has 88 valence electrons. The fourth-order valence-corrected chi connectivity index (χ4v) is 1.72. The van der Waals surface area contributed by atoms with E-state index in [4.69, 9.17) is 9.88 Å². The molecule has 0 saturated carbocycles. The number of nitrogens with two attached hydrogens (primary N) is 1. The molecule has 4 nitrogen and oxygen atoms in total. The molecule has 0 unspecified atom stereocenters. The summed E-state index contributed by atoms with van der Waals surface area (Å²) in [6.45, 7) is 3.19. The quantitative estimate of drug-likeness (QED) is 0.814. The van der Waals surface area contributed by atoms with Gasteiger partial charge in [-0.15, -0.1) is 0 Å². The van der Waals surface area contributed by atoms with E-state index < -0.39 is 32.3 Å². The van der Waals surface area contributed by atoms with Gasteiger partial charge in [0.15, 0.2) is 11.6 Å². The number of hydrogen-bond acceptors (Lipinski definition) is 3. The zero-order valence-electron chi connectivity index (χ0n) is 8.11. The molecule has 0 radical (unpaired) electrons. The topological polar surface area (TPSA) is 69.4 Å². The molecule has 1 aromatic rings. The van der Waals surface area contributed by atoms with Crippen LogP contribution in [-0.2, 0) is 10.0 Å². The van der Waals surface area contributed by atoms with Crippen molar-refractivity contribution in [2.24, 2.45) is 5.14 Å². The van der Waals surface area contributed by atoms with E-state index in [1.54, 1.807) is 0 Å². The van der Waals surface area contributed by atoms with Crippen LogP contribution in [0.25, 0.3) is 0 Å². The summed E-state index contributed by atoms with van der Waals surface area (Å²) < 4.78 is 53.0. The molecule has 0 amide bonds. The summed E-state index contributed by atoms with van der Waals surface area (Å²) >= 11 is 0. The van der Waals surface area contributed by atoms with Crippen LogP contribution in [0.3, 0.4) is 0 Å². The lowest BCUT2D eigenvalue weighted by atomic mass is 10.3. The van der Waals surface area contributed by atoms with Crippen molar-refractivity contribution in [1.82, 2.24) is 0 Å². The zero-order chi connectivity index (χ0) is 12.3. The Labute approximate surface area is 91.4 Å². The molecule has 0 heterocycles. The lowest BCUT2D eigenvalue weighted by Gasteiger charge is -2.09. The lowest BCUT2D eigenvalue weighted by molar-refractivity contribution is 0.329. The van der Waals surface area contributed by atoms with Gasteiger partial charge >= 0.3 is 0 Å². The summed E-state index contributed by atoms with van der Waals surface area (Å²) in [6, 6.07) is 1.10. The van der Waals surface area contributed by atoms with Crippen LogP contribution in [0.4, 0.5) is 8.78 Å². The van der Waals surface area contributed by atoms with Crippen molar-refractivity contribution in [2.45, 2.75) is 4.90 Å². The smallest absolute Gasteiger partial charge is 0.241 e. The molecule has 0 aliphatic carbocycles. The zero-order valence-corrected chi connectivity index (χ0v) is 8.93. The number of primary sulfonamides is 1. The highest BCUT2D eigenvalue weighted by molar-refractivity contribution is 7.89. The molecular formula is C9H9F2NO3S. The molecular weight excluding hydrogens is 240 g/mol. The van der Waals surface area contributed by atoms with Gasteiger partial charge in [-0.3, -0.25) is 0 Å². The van der Waals surface area contributed by atoms with Gasteiger partial charge in [-0.2, -0.15) is 0 Å². The molecule has 0 saturated heterocycles. The Kier molecular flexibility index (Phi) is 3.61. The summed E-state index contributed by atoms with van der Waals surface area (Å²) in [5, 5.41) is 4.80. The second kappa shape index (κ2) is 4.58. The van der Waals surface area contributed by atoms with Crippen molar-refractivity contribution in [2.75, 3.05) is 6.61 Å². The minimum atomic E-state index is -4.25. The van der Waals surface area contributed by atoms with Gasteiger partial charge in [0.25, 0.3) is 0 Å². The number of rotatable bonds is 4. The Morgan fingerprint density at radius 3 is 2.56 bits per heavy atom. The van der Waals surface area contributed by atoms with Crippen molar-refractivity contribution in [3.63, 3.8) is 0 Å². The summed E-state index contributed by atoms with van der Waals surface area (Å²) in [4.78, 5) is -0.730. The number of ether oxygens (including phenoxy) is 1. The molecule has 0 spiro atoms. The molecule has 0 atom stereocenters. The van der Waals surface area contributed by atoms with Crippen LogP contribution in [0.15, 0.2) is 29.7 Å². The van der Waals surface area contributed by atoms with Gasteiger partial charge < -0.3 is 4.74 Å². The van der Waals surface area contributed by atoms with E-state index in [0.717, 1.165) is 0 Å². The van der Waals surface area contributed by atoms with Crippen molar-refractivity contribution >= 4 is 10.0 Å². The van der Waals surface area contributed by atoms with Crippen LogP contribution in [0.5, 0.6) is 5.75 Å². The highest BCUT2D eigenvalue weighted by Crippen LogP contribution is 2.27. The van der Waals surface area contributed by atoms with Crippen LogP contribution < -0.4 is 9.88 Å². The standard InChI is InChI=1S/C9H9F2NO3S/c1-2-3-15-9-7(11)4-6(10)5-8(9)16(12,13)14/h2,4-5H,1,3H2,(H2,12,13,14). The van der Waals surface area contributed by atoms with Crippen LogP contribution in [0.1, 0.15) is 0 Å². The summed E-state index contributed by atoms with van der Waals surface area (Å²) in [5.41, 5.74) is 0. The molecule has 16 heavy (non-hydrogen) atoms. The Balaban J connectivity index is 3.38. The average molecular weight is 249 g/mol. The third kappa shape index (κ3) is 2.77. The molecule has 1 rings (SSSR count). The molecule has 0 fully saturated rings. The van der Waals surface area contributed by atoms with E-state index in [0.29, 0.717) is 12.1 Å². The predicted molar refractivity (Wildman–Crippen MR) is 53.4 cm³/mol. The minimum absolute atomic E-state index is 0.120. The number of halogens is 2. The first-order valence-electron chi connectivity index (χ1n) is 4.12. The number of benzene rings is 1. The number of sulfonamides is 1.